The zero-order chi connectivity index (χ0) is 22.1. The van der Waals surface area contributed by atoms with Gasteiger partial charge in [0.15, 0.2) is 5.82 Å². The number of aromatic nitrogens is 3. The highest BCUT2D eigenvalue weighted by atomic mass is 16.5. The Morgan fingerprint density at radius 3 is 2.68 bits per heavy atom. The molecule has 166 valence electrons. The molecule has 4 rings (SSSR count). The molecule has 1 saturated heterocycles. The number of nitrogens with one attached hydrogen (secondary N) is 1. The van der Waals surface area contributed by atoms with Crippen LogP contribution in [0.2, 0.25) is 0 Å². The lowest BCUT2D eigenvalue weighted by molar-refractivity contribution is -0.134. The van der Waals surface area contributed by atoms with Crippen LogP contribution in [0.5, 0.6) is 0 Å². The average molecular weight is 427 g/mol. The van der Waals surface area contributed by atoms with Gasteiger partial charge in [-0.15, -0.1) is 0 Å². The summed E-state index contributed by atoms with van der Waals surface area (Å²) in [7, 11) is 1.83. The number of hydrogen-bond donors (Lipinski definition) is 1. The zero-order valence-corrected chi connectivity index (χ0v) is 18.7. The molecular formula is C22H30N6O3. The zero-order valence-electron chi connectivity index (χ0n) is 18.7. The molecule has 9 heteroatoms. The van der Waals surface area contributed by atoms with Crippen LogP contribution in [0, 0.1) is 13.8 Å². The van der Waals surface area contributed by atoms with E-state index < -0.39 is 0 Å². The maximum absolute atomic E-state index is 13.3. The Labute approximate surface area is 182 Å². The first-order chi connectivity index (χ1) is 14.9. The molecule has 31 heavy (non-hydrogen) atoms. The monoisotopic (exact) mass is 426 g/mol. The third kappa shape index (κ3) is 4.13. The van der Waals surface area contributed by atoms with Crippen molar-refractivity contribution in [1.29, 1.82) is 0 Å². The van der Waals surface area contributed by atoms with E-state index in [1.54, 1.807) is 6.92 Å². The summed E-state index contributed by atoms with van der Waals surface area (Å²) in [5, 5.41) is 7.15. The standard InChI is InChI=1S/C22H30N6O3/c1-13-16(14(2)31-26-13)11-20(30)28-9-6-5-7-19(28)22-24-18-8-10-27(15(3)29)12-17(18)21(23-4)25-22/h19H,5-12H2,1-4H3,(H,23,24,25)/t19-/m0/s1. The fourth-order valence-corrected chi connectivity index (χ4v) is 4.56. The third-order valence-corrected chi connectivity index (χ3v) is 6.39. The second kappa shape index (κ2) is 8.64. The number of hydrogen-bond acceptors (Lipinski definition) is 7. The van der Waals surface area contributed by atoms with E-state index in [1.807, 2.05) is 30.7 Å². The quantitative estimate of drug-likeness (QED) is 0.800. The molecule has 0 unspecified atom stereocenters. The van der Waals surface area contributed by atoms with Crippen molar-refractivity contribution in [2.75, 3.05) is 25.5 Å². The summed E-state index contributed by atoms with van der Waals surface area (Å²) in [4.78, 5) is 38.5. The molecular weight excluding hydrogens is 396 g/mol. The summed E-state index contributed by atoms with van der Waals surface area (Å²) in [5.74, 6) is 2.23. The van der Waals surface area contributed by atoms with Gasteiger partial charge in [-0.05, 0) is 33.1 Å². The van der Waals surface area contributed by atoms with Gasteiger partial charge in [0.25, 0.3) is 0 Å². The van der Waals surface area contributed by atoms with Crippen molar-refractivity contribution >= 4 is 17.6 Å². The van der Waals surface area contributed by atoms with Crippen LogP contribution in [0.3, 0.4) is 0 Å². The Kier molecular flexibility index (Phi) is 5.93. The molecule has 2 aromatic rings. The largest absolute Gasteiger partial charge is 0.373 e. The maximum atomic E-state index is 13.3. The second-order valence-electron chi connectivity index (χ2n) is 8.37. The predicted octanol–water partition coefficient (Wildman–Crippen LogP) is 2.32. The van der Waals surface area contributed by atoms with E-state index in [2.05, 4.69) is 10.5 Å². The van der Waals surface area contributed by atoms with Crippen molar-refractivity contribution in [3.8, 4) is 0 Å². The smallest absolute Gasteiger partial charge is 0.227 e. The Morgan fingerprint density at radius 2 is 2.00 bits per heavy atom. The van der Waals surface area contributed by atoms with Crippen LogP contribution in [0.15, 0.2) is 4.52 Å². The molecule has 0 aromatic carbocycles. The van der Waals surface area contributed by atoms with Gasteiger partial charge in [0.05, 0.1) is 30.4 Å². The number of carbonyl (C=O) groups excluding carboxylic acids is 2. The van der Waals surface area contributed by atoms with E-state index in [0.717, 1.165) is 47.6 Å². The number of likely N-dealkylation sites (tertiary alicyclic amines) is 1. The molecule has 9 nitrogen and oxygen atoms in total. The fraction of sp³-hybridized carbons (Fsp3) is 0.591. The van der Waals surface area contributed by atoms with Gasteiger partial charge >= 0.3 is 0 Å². The third-order valence-electron chi connectivity index (χ3n) is 6.39. The number of nitrogens with zero attached hydrogens (tertiary/aromatic N) is 5. The molecule has 0 spiro atoms. The van der Waals surface area contributed by atoms with Crippen LogP contribution < -0.4 is 5.32 Å². The highest BCUT2D eigenvalue weighted by Gasteiger charge is 2.33. The van der Waals surface area contributed by atoms with Gasteiger partial charge in [0.1, 0.15) is 11.6 Å². The van der Waals surface area contributed by atoms with Crippen LogP contribution in [0.25, 0.3) is 0 Å². The van der Waals surface area contributed by atoms with E-state index in [-0.39, 0.29) is 24.3 Å². The first kappa shape index (κ1) is 21.3. The lowest BCUT2D eigenvalue weighted by atomic mass is 9.98. The van der Waals surface area contributed by atoms with Crippen molar-refractivity contribution < 1.29 is 14.1 Å². The summed E-state index contributed by atoms with van der Waals surface area (Å²) in [6.07, 6.45) is 3.82. The Balaban J connectivity index is 1.62. The summed E-state index contributed by atoms with van der Waals surface area (Å²) >= 11 is 0. The minimum absolute atomic E-state index is 0.0502. The first-order valence-electron chi connectivity index (χ1n) is 10.9. The van der Waals surface area contributed by atoms with E-state index in [9.17, 15) is 9.59 Å². The molecule has 2 aliphatic rings. The van der Waals surface area contributed by atoms with E-state index in [1.165, 1.54) is 0 Å². The minimum Gasteiger partial charge on any atom is -0.373 e. The molecule has 2 aromatic heterocycles. The summed E-state index contributed by atoms with van der Waals surface area (Å²) in [6.45, 7) is 7.15. The van der Waals surface area contributed by atoms with Gasteiger partial charge in [-0.1, -0.05) is 5.16 Å². The van der Waals surface area contributed by atoms with Crippen LogP contribution in [-0.4, -0.2) is 56.9 Å². The van der Waals surface area contributed by atoms with Crippen LogP contribution in [-0.2, 0) is 29.0 Å². The Hall–Kier alpha value is -2.97. The predicted molar refractivity (Wildman–Crippen MR) is 114 cm³/mol. The molecule has 2 amide bonds. The SMILES string of the molecule is CNc1nc([C@@H]2CCCCN2C(=O)Cc2c(C)noc2C)nc2c1CN(C(C)=O)CC2. The van der Waals surface area contributed by atoms with Gasteiger partial charge in [-0.25, -0.2) is 9.97 Å². The molecule has 2 aliphatic heterocycles. The van der Waals surface area contributed by atoms with Crippen LogP contribution in [0.4, 0.5) is 5.82 Å². The number of piperidine rings is 1. The summed E-state index contributed by atoms with van der Waals surface area (Å²) < 4.78 is 5.23. The average Bonchev–Trinajstić information content (AvgIpc) is 3.09. The highest BCUT2D eigenvalue weighted by Crippen LogP contribution is 2.33. The van der Waals surface area contributed by atoms with Crippen molar-refractivity contribution in [2.24, 2.45) is 0 Å². The van der Waals surface area contributed by atoms with E-state index in [0.29, 0.717) is 37.6 Å². The van der Waals surface area contributed by atoms with Gasteiger partial charge in [0.2, 0.25) is 11.8 Å². The van der Waals surface area contributed by atoms with Gasteiger partial charge in [-0.3, -0.25) is 9.59 Å². The molecule has 4 heterocycles. The van der Waals surface area contributed by atoms with E-state index >= 15 is 0 Å². The fourth-order valence-electron chi connectivity index (χ4n) is 4.56. The van der Waals surface area contributed by atoms with Gasteiger partial charge < -0.3 is 19.6 Å². The van der Waals surface area contributed by atoms with Gasteiger partial charge in [0, 0.05) is 44.6 Å². The number of anilines is 1. The molecule has 1 N–H and O–H groups in total. The molecule has 1 fully saturated rings. The van der Waals surface area contributed by atoms with Crippen molar-refractivity contribution in [1.82, 2.24) is 24.9 Å². The number of carbonyl (C=O) groups is 2. The summed E-state index contributed by atoms with van der Waals surface area (Å²) in [5.41, 5.74) is 3.56. The Bertz CT molecular complexity index is 965. The lowest BCUT2D eigenvalue weighted by Crippen LogP contribution is -2.41. The molecule has 1 atom stereocenters. The second-order valence-corrected chi connectivity index (χ2v) is 8.37. The van der Waals surface area contributed by atoms with Gasteiger partial charge in [-0.2, -0.15) is 0 Å². The number of fused-ring (bicyclic) bond motifs is 1. The van der Waals surface area contributed by atoms with Crippen molar-refractivity contribution in [3.63, 3.8) is 0 Å². The van der Waals surface area contributed by atoms with Crippen molar-refractivity contribution in [2.45, 2.75) is 65.5 Å². The van der Waals surface area contributed by atoms with Crippen molar-refractivity contribution in [3.05, 3.63) is 34.1 Å². The lowest BCUT2D eigenvalue weighted by Gasteiger charge is -2.36. The first-order valence-corrected chi connectivity index (χ1v) is 10.9. The Morgan fingerprint density at radius 1 is 1.19 bits per heavy atom. The number of amides is 2. The molecule has 0 saturated carbocycles. The normalized spacial score (nSPS) is 18.6. The highest BCUT2D eigenvalue weighted by molar-refractivity contribution is 5.79. The van der Waals surface area contributed by atoms with E-state index in [4.69, 9.17) is 14.5 Å². The minimum atomic E-state index is -0.148. The summed E-state index contributed by atoms with van der Waals surface area (Å²) in [6, 6.07) is -0.148. The maximum Gasteiger partial charge on any atom is 0.227 e. The number of rotatable bonds is 4. The molecule has 0 aliphatic carbocycles. The van der Waals surface area contributed by atoms with Crippen LogP contribution >= 0.6 is 0 Å². The molecule has 0 radical (unpaired) electrons. The number of aryl methyl sites for hydroxylation is 2. The molecule has 0 bridgehead atoms. The topological polar surface area (TPSA) is 104 Å². The van der Waals surface area contributed by atoms with Crippen LogP contribution in [0.1, 0.15) is 66.3 Å².